The van der Waals surface area contributed by atoms with E-state index in [1.165, 1.54) is 30.6 Å². The number of rotatable bonds is 11. The molecule has 2 aromatic carbocycles. The van der Waals surface area contributed by atoms with E-state index >= 15 is 0 Å². The summed E-state index contributed by atoms with van der Waals surface area (Å²) in [6.45, 7) is 0. The second-order valence-electron chi connectivity index (χ2n) is 8.69. The van der Waals surface area contributed by atoms with Gasteiger partial charge in [0, 0.05) is 11.3 Å². The Balaban J connectivity index is 1.55. The molecule has 3 aromatic rings. The Morgan fingerprint density at radius 1 is 1.08 bits per heavy atom. The predicted octanol–water partition coefficient (Wildman–Crippen LogP) is 3.67. The Hall–Kier alpha value is -3.28. The first-order valence-corrected chi connectivity index (χ1v) is 13.8. The molecule has 0 radical (unpaired) electrons. The molecular formula is C25H27N3O6S2. The number of nitrogens with one attached hydrogen (secondary N) is 2. The molecule has 11 heteroatoms. The van der Waals surface area contributed by atoms with Crippen LogP contribution >= 0.6 is 11.3 Å². The Morgan fingerprint density at radius 2 is 1.75 bits per heavy atom. The number of anilines is 1. The smallest absolute Gasteiger partial charge is 0.357 e. The summed E-state index contributed by atoms with van der Waals surface area (Å²) in [4.78, 5) is 30.6. The van der Waals surface area contributed by atoms with Crippen molar-refractivity contribution in [1.29, 1.82) is 0 Å². The third kappa shape index (κ3) is 7.12. The Kier molecular flexibility index (Phi) is 8.02. The fraction of sp³-hybridized carbons (Fsp3) is 0.320. The van der Waals surface area contributed by atoms with Crippen LogP contribution in [0.1, 0.15) is 46.6 Å². The molecule has 1 saturated carbocycles. The number of amides is 1. The first-order chi connectivity index (χ1) is 17.2. The van der Waals surface area contributed by atoms with Gasteiger partial charge in [0.05, 0.1) is 24.5 Å². The lowest BCUT2D eigenvalue weighted by atomic mass is 9.97. The maximum atomic E-state index is 13.3. The van der Waals surface area contributed by atoms with Crippen LogP contribution in [0.5, 0.6) is 0 Å². The highest BCUT2D eigenvalue weighted by molar-refractivity contribution is 7.87. The van der Waals surface area contributed by atoms with Gasteiger partial charge >= 0.3 is 16.3 Å². The average molecular weight is 530 g/mol. The maximum absolute atomic E-state index is 13.3. The Morgan fingerprint density at radius 3 is 2.36 bits per heavy atom. The van der Waals surface area contributed by atoms with Gasteiger partial charge in [-0.15, -0.1) is 11.3 Å². The van der Waals surface area contributed by atoms with Crippen molar-refractivity contribution in [1.82, 2.24) is 10.3 Å². The van der Waals surface area contributed by atoms with E-state index in [2.05, 4.69) is 5.32 Å². The van der Waals surface area contributed by atoms with E-state index in [0.29, 0.717) is 12.3 Å². The van der Waals surface area contributed by atoms with E-state index < -0.39 is 34.1 Å². The molecule has 36 heavy (non-hydrogen) atoms. The van der Waals surface area contributed by atoms with Crippen molar-refractivity contribution in [3.8, 4) is 0 Å². The average Bonchev–Trinajstić information content (AvgIpc) is 3.59. The second kappa shape index (κ2) is 11.2. The third-order valence-electron chi connectivity index (χ3n) is 5.88. The number of hydrogen-bond acceptors (Lipinski definition) is 7. The van der Waals surface area contributed by atoms with Gasteiger partial charge in [-0.05, 0) is 48.9 Å². The maximum Gasteiger partial charge on any atom is 0.357 e. The molecular weight excluding hydrogens is 502 g/mol. The van der Waals surface area contributed by atoms with Gasteiger partial charge in [0.2, 0.25) is 5.91 Å². The highest BCUT2D eigenvalue weighted by atomic mass is 32.2. The lowest BCUT2D eigenvalue weighted by Crippen LogP contribution is -2.40. The van der Waals surface area contributed by atoms with Crippen LogP contribution in [0.25, 0.3) is 0 Å². The largest absolute Gasteiger partial charge is 0.468 e. The third-order valence-corrected chi connectivity index (χ3v) is 7.35. The first kappa shape index (κ1) is 25.8. The quantitative estimate of drug-likeness (QED) is 0.196. The van der Waals surface area contributed by atoms with Gasteiger partial charge in [0.25, 0.3) is 0 Å². The monoisotopic (exact) mass is 529 g/mol. The van der Waals surface area contributed by atoms with Crippen molar-refractivity contribution >= 4 is 39.2 Å². The number of nitrogens with zero attached hydrogens (tertiary/aromatic N) is 1. The van der Waals surface area contributed by atoms with Crippen LogP contribution in [0.15, 0.2) is 60.0 Å². The number of ether oxygens (including phenoxy) is 1. The summed E-state index contributed by atoms with van der Waals surface area (Å²) in [6, 6.07) is 15.2. The zero-order valence-electron chi connectivity index (χ0n) is 19.6. The van der Waals surface area contributed by atoms with Crippen molar-refractivity contribution in [3.63, 3.8) is 0 Å². The SMILES string of the molecule is COC(=O)C(Cc1ccccc1)C(=O)N[C@@H](Cc1ccc(NS(=O)(=O)O)cc1)c1nc(C2CC2)cs1. The molecule has 9 nitrogen and oxygen atoms in total. The molecule has 1 aliphatic carbocycles. The highest BCUT2D eigenvalue weighted by Crippen LogP contribution is 2.41. The van der Waals surface area contributed by atoms with Crippen LogP contribution in [-0.2, 0) is 37.5 Å². The van der Waals surface area contributed by atoms with Gasteiger partial charge in [-0.2, -0.15) is 8.42 Å². The van der Waals surface area contributed by atoms with Gasteiger partial charge in [-0.25, -0.2) is 4.98 Å². The summed E-state index contributed by atoms with van der Waals surface area (Å²) in [6.07, 6.45) is 2.77. The molecule has 1 aliphatic rings. The van der Waals surface area contributed by atoms with Crippen LogP contribution in [0.3, 0.4) is 0 Å². The number of aromatic nitrogens is 1. The summed E-state index contributed by atoms with van der Waals surface area (Å²) >= 11 is 1.46. The molecule has 0 aliphatic heterocycles. The summed E-state index contributed by atoms with van der Waals surface area (Å²) < 4.78 is 38.0. The normalized spacial score (nSPS) is 15.1. The number of thiazole rings is 1. The molecule has 1 aromatic heterocycles. The lowest BCUT2D eigenvalue weighted by Gasteiger charge is -2.21. The Labute approximate surface area is 213 Å². The zero-order valence-corrected chi connectivity index (χ0v) is 21.2. The highest BCUT2D eigenvalue weighted by Gasteiger charge is 2.32. The number of carbonyl (C=O) groups excluding carboxylic acids is 2. The molecule has 0 spiro atoms. The lowest BCUT2D eigenvalue weighted by molar-refractivity contribution is -0.150. The summed E-state index contributed by atoms with van der Waals surface area (Å²) in [7, 11) is -3.12. The first-order valence-electron chi connectivity index (χ1n) is 11.4. The van der Waals surface area contributed by atoms with E-state index in [1.54, 1.807) is 12.1 Å². The van der Waals surface area contributed by atoms with Crippen LogP contribution in [0.4, 0.5) is 5.69 Å². The molecule has 0 bridgehead atoms. The molecule has 0 saturated heterocycles. The van der Waals surface area contributed by atoms with Crippen molar-refractivity contribution in [3.05, 3.63) is 81.8 Å². The minimum absolute atomic E-state index is 0.202. The van der Waals surface area contributed by atoms with E-state index in [0.717, 1.165) is 34.7 Å². The van der Waals surface area contributed by atoms with E-state index in [9.17, 15) is 18.0 Å². The number of benzene rings is 2. The van der Waals surface area contributed by atoms with Gasteiger partial charge in [-0.1, -0.05) is 42.5 Å². The van der Waals surface area contributed by atoms with Crippen molar-refractivity contribution < 1.29 is 27.3 Å². The summed E-state index contributed by atoms with van der Waals surface area (Å²) in [5.74, 6) is -1.64. The van der Waals surface area contributed by atoms with Crippen LogP contribution in [0, 0.1) is 5.92 Å². The molecule has 1 fully saturated rings. The minimum Gasteiger partial charge on any atom is -0.468 e. The number of carbonyl (C=O) groups is 2. The zero-order chi connectivity index (χ0) is 25.7. The molecule has 190 valence electrons. The van der Waals surface area contributed by atoms with Crippen LogP contribution in [0.2, 0.25) is 0 Å². The van der Waals surface area contributed by atoms with Gasteiger partial charge in [0.15, 0.2) is 0 Å². The van der Waals surface area contributed by atoms with E-state index in [-0.39, 0.29) is 12.1 Å². The number of esters is 1. The molecule has 1 unspecified atom stereocenters. The van der Waals surface area contributed by atoms with Gasteiger partial charge in [0.1, 0.15) is 10.9 Å². The van der Waals surface area contributed by atoms with Crippen molar-refractivity contribution in [2.75, 3.05) is 11.8 Å². The minimum atomic E-state index is -4.38. The standard InChI is InChI=1S/C25H27N3O6S2/c1-34-25(30)20(13-16-5-3-2-4-6-16)23(29)26-21(24-27-22(15-35-24)18-9-10-18)14-17-7-11-19(12-8-17)28-36(31,32)33/h2-8,11-12,15,18,20-21,28H,9-10,13-14H2,1H3,(H,26,29)(H,31,32,33)/t20?,21-/m0/s1. The molecule has 3 N–H and O–H groups in total. The fourth-order valence-corrected chi connectivity index (χ4v) is 5.25. The molecule has 1 heterocycles. The molecule has 1 amide bonds. The number of hydrogen-bond donors (Lipinski definition) is 3. The second-order valence-corrected chi connectivity index (χ2v) is 10.7. The van der Waals surface area contributed by atoms with Gasteiger partial charge < -0.3 is 10.1 Å². The Bertz CT molecular complexity index is 1310. The van der Waals surface area contributed by atoms with Crippen LogP contribution < -0.4 is 10.0 Å². The fourth-order valence-electron chi connectivity index (χ4n) is 3.87. The topological polar surface area (TPSA) is 135 Å². The van der Waals surface area contributed by atoms with Crippen LogP contribution in [-0.4, -0.2) is 36.9 Å². The molecule has 4 rings (SSSR count). The molecule has 2 atom stereocenters. The van der Waals surface area contributed by atoms with E-state index in [1.807, 2.05) is 40.4 Å². The summed E-state index contributed by atoms with van der Waals surface area (Å²) in [5.41, 5.74) is 2.87. The van der Waals surface area contributed by atoms with Crippen molar-refractivity contribution in [2.24, 2.45) is 5.92 Å². The summed E-state index contributed by atoms with van der Waals surface area (Å²) in [5, 5.41) is 5.74. The number of methoxy groups -OCH3 is 1. The van der Waals surface area contributed by atoms with Crippen molar-refractivity contribution in [2.45, 2.75) is 37.6 Å². The van der Waals surface area contributed by atoms with E-state index in [4.69, 9.17) is 14.3 Å². The predicted molar refractivity (Wildman–Crippen MR) is 136 cm³/mol. The van der Waals surface area contributed by atoms with Gasteiger partial charge in [-0.3, -0.25) is 18.9 Å².